The first-order chi connectivity index (χ1) is 21.5. The second-order valence-electron chi connectivity index (χ2n) is 17.7. The molecule has 6 rings (SSSR count). The van der Waals surface area contributed by atoms with E-state index in [2.05, 4.69) is 53.4 Å². The Morgan fingerprint density at radius 2 is 1.57 bits per heavy atom. The molecule has 0 radical (unpaired) electrons. The topological polar surface area (TPSA) is 102 Å². The van der Waals surface area contributed by atoms with Gasteiger partial charge in [0, 0.05) is 30.8 Å². The quantitative estimate of drug-likeness (QED) is 0.221. The monoisotopic (exact) mass is 638 g/mol. The average Bonchev–Trinajstić information content (AvgIpc) is 3.66. The van der Waals surface area contributed by atoms with E-state index in [1.165, 1.54) is 18.9 Å². The molecule has 10 atom stereocenters. The third kappa shape index (κ3) is 4.84. The Balaban J connectivity index is 1.25. The lowest BCUT2D eigenvalue weighted by molar-refractivity contribution is -0.252. The number of hydrogen-bond acceptors (Lipinski definition) is 7. The molecule has 6 fully saturated rings. The van der Waals surface area contributed by atoms with Crippen LogP contribution in [-0.4, -0.2) is 61.0 Å². The first-order valence-corrected chi connectivity index (χ1v) is 18.1. The fraction of sp³-hybridized carbons (Fsp3) is 0.842. The number of nitrogens with zero attached hydrogens (tertiary/aromatic N) is 1. The maximum Gasteiger partial charge on any atom is 0.397 e. The molecular formula is C38H58N2O6. The van der Waals surface area contributed by atoms with Crippen molar-refractivity contribution in [3.8, 4) is 0 Å². The summed E-state index contributed by atoms with van der Waals surface area (Å²) in [5, 5.41) is 3.12. The van der Waals surface area contributed by atoms with Crippen LogP contribution in [0.5, 0.6) is 0 Å². The largest absolute Gasteiger partial charge is 0.459 e. The third-order valence-electron chi connectivity index (χ3n) is 15.5. The van der Waals surface area contributed by atoms with E-state index in [1.807, 2.05) is 0 Å². The molecule has 8 nitrogen and oxygen atoms in total. The van der Waals surface area contributed by atoms with Crippen molar-refractivity contribution in [2.75, 3.05) is 26.4 Å². The molecule has 256 valence electrons. The molecule has 5 saturated carbocycles. The molecule has 0 aromatic heterocycles. The number of carbonyl (C=O) groups is 4. The molecule has 1 aliphatic heterocycles. The van der Waals surface area contributed by atoms with E-state index < -0.39 is 23.6 Å². The van der Waals surface area contributed by atoms with Gasteiger partial charge in [0.1, 0.15) is 6.10 Å². The van der Waals surface area contributed by atoms with Crippen LogP contribution in [0.15, 0.2) is 12.2 Å². The van der Waals surface area contributed by atoms with Crippen LogP contribution in [0.3, 0.4) is 0 Å². The highest BCUT2D eigenvalue weighted by Gasteiger charge is 2.71. The minimum atomic E-state index is -0.706. The molecule has 1 heterocycles. The zero-order valence-electron chi connectivity index (χ0n) is 29.5. The number of esters is 2. The number of carbonyl (C=O) groups excluding carboxylic acids is 4. The van der Waals surface area contributed by atoms with Crippen molar-refractivity contribution in [3.05, 3.63) is 12.2 Å². The summed E-state index contributed by atoms with van der Waals surface area (Å²) in [7, 11) is 0. The van der Waals surface area contributed by atoms with Crippen LogP contribution >= 0.6 is 0 Å². The Bertz CT molecular complexity index is 1300. The van der Waals surface area contributed by atoms with E-state index in [0.29, 0.717) is 56.0 Å². The van der Waals surface area contributed by atoms with Gasteiger partial charge in [0.2, 0.25) is 5.78 Å². The summed E-state index contributed by atoms with van der Waals surface area (Å²) in [6.07, 6.45) is 10.3. The molecule has 46 heavy (non-hydrogen) atoms. The highest BCUT2D eigenvalue weighted by molar-refractivity contribution is 6.32. The number of amides is 1. The predicted molar refractivity (Wildman–Crippen MR) is 175 cm³/mol. The normalized spacial score (nSPS) is 44.2. The summed E-state index contributed by atoms with van der Waals surface area (Å²) >= 11 is 0. The average molecular weight is 639 g/mol. The van der Waals surface area contributed by atoms with Gasteiger partial charge in [-0.1, -0.05) is 46.8 Å². The molecule has 0 aromatic carbocycles. The molecule has 0 spiro atoms. The summed E-state index contributed by atoms with van der Waals surface area (Å²) in [4.78, 5) is 51.5. The lowest BCUT2D eigenvalue weighted by atomic mass is 9.32. The van der Waals surface area contributed by atoms with E-state index in [9.17, 15) is 19.2 Å². The third-order valence-corrected chi connectivity index (χ3v) is 15.5. The minimum absolute atomic E-state index is 0.0876. The van der Waals surface area contributed by atoms with Gasteiger partial charge in [-0.05, 0) is 117 Å². The lowest BCUT2D eigenvalue weighted by Crippen LogP contribution is -2.67. The molecule has 1 amide bonds. The number of allylic oxidation sites excluding steroid dienone is 1. The molecule has 8 heteroatoms. The summed E-state index contributed by atoms with van der Waals surface area (Å²) < 4.78 is 11.8. The SMILES string of the molecule is C=C(C)C1CCC2(COC(=O)C(C)=O)CCC3(C)C(CCC4C5(C)CCC(OC(=O)C(=O)N6CCNC6)C(C)(C)C5CCC43C)C12. The minimum Gasteiger partial charge on any atom is -0.459 e. The van der Waals surface area contributed by atoms with Crippen molar-refractivity contribution < 1.29 is 28.7 Å². The standard InChI is InChI=1S/C38H58N2O6/c1-23(2)25-11-16-38(21-45-32(43)24(3)41)18-17-36(7)26(30(25)38)9-10-28-35(6)14-13-29(34(4,5)27(35)12-15-37(28,36)8)46-33(44)31(42)40-20-19-39-22-40/h25-30,39H,1,9-22H2,2-8H3. The van der Waals surface area contributed by atoms with Gasteiger partial charge in [-0.15, -0.1) is 0 Å². The number of ether oxygens (including phenoxy) is 2. The number of rotatable bonds is 5. The predicted octanol–water partition coefficient (Wildman–Crippen LogP) is 6.08. The van der Waals surface area contributed by atoms with E-state index in [4.69, 9.17) is 9.47 Å². The van der Waals surface area contributed by atoms with E-state index in [-0.39, 0.29) is 33.2 Å². The van der Waals surface area contributed by atoms with E-state index in [0.717, 1.165) is 57.8 Å². The lowest BCUT2D eigenvalue weighted by Gasteiger charge is -2.73. The Kier molecular flexibility index (Phi) is 8.38. The zero-order chi connectivity index (χ0) is 33.4. The summed E-state index contributed by atoms with van der Waals surface area (Å²) in [6.45, 7) is 22.2. The van der Waals surface area contributed by atoms with Crippen LogP contribution in [0.4, 0.5) is 0 Å². The van der Waals surface area contributed by atoms with E-state index in [1.54, 1.807) is 4.90 Å². The second kappa shape index (κ2) is 11.4. The van der Waals surface area contributed by atoms with Crippen LogP contribution in [0.1, 0.15) is 113 Å². The smallest absolute Gasteiger partial charge is 0.397 e. The number of Topliss-reactive ketones (excluding diaryl/α,β-unsaturated/α-hetero) is 1. The van der Waals surface area contributed by atoms with Crippen molar-refractivity contribution in [1.82, 2.24) is 10.2 Å². The molecule has 1 saturated heterocycles. The first kappa shape index (κ1) is 33.7. The molecule has 10 unspecified atom stereocenters. The Labute approximate surface area is 276 Å². The van der Waals surface area contributed by atoms with Gasteiger partial charge in [-0.2, -0.15) is 0 Å². The Morgan fingerprint density at radius 3 is 2.22 bits per heavy atom. The second-order valence-corrected chi connectivity index (χ2v) is 17.7. The van der Waals surface area contributed by atoms with Gasteiger partial charge in [0.05, 0.1) is 13.3 Å². The maximum absolute atomic E-state index is 13.0. The summed E-state index contributed by atoms with van der Waals surface area (Å²) in [5.41, 5.74) is 1.34. The fourth-order valence-corrected chi connectivity index (χ4v) is 13.0. The van der Waals surface area contributed by atoms with Gasteiger partial charge in [0.15, 0.2) is 0 Å². The molecule has 1 N–H and O–H groups in total. The number of ketones is 1. The summed E-state index contributed by atoms with van der Waals surface area (Å²) in [6, 6.07) is 0. The van der Waals surface area contributed by atoms with Gasteiger partial charge < -0.3 is 14.4 Å². The molecule has 0 bridgehead atoms. The molecular weight excluding hydrogens is 580 g/mol. The van der Waals surface area contributed by atoms with Crippen molar-refractivity contribution in [3.63, 3.8) is 0 Å². The molecule has 5 aliphatic carbocycles. The number of nitrogens with one attached hydrogen (secondary N) is 1. The van der Waals surface area contributed by atoms with Crippen LogP contribution in [0.2, 0.25) is 0 Å². The van der Waals surface area contributed by atoms with Crippen molar-refractivity contribution >= 4 is 23.6 Å². The highest BCUT2D eigenvalue weighted by atomic mass is 16.6. The highest BCUT2D eigenvalue weighted by Crippen LogP contribution is 2.77. The fourth-order valence-electron chi connectivity index (χ4n) is 13.0. The van der Waals surface area contributed by atoms with Crippen LogP contribution in [0.25, 0.3) is 0 Å². The maximum atomic E-state index is 13.0. The van der Waals surface area contributed by atoms with Gasteiger partial charge >= 0.3 is 17.8 Å². The van der Waals surface area contributed by atoms with Crippen LogP contribution in [-0.2, 0) is 28.7 Å². The number of fused-ring (bicyclic) bond motifs is 7. The Morgan fingerprint density at radius 1 is 0.826 bits per heavy atom. The van der Waals surface area contributed by atoms with Crippen molar-refractivity contribution in [2.24, 2.45) is 56.7 Å². The van der Waals surface area contributed by atoms with Crippen LogP contribution < -0.4 is 5.32 Å². The summed E-state index contributed by atoms with van der Waals surface area (Å²) in [5.74, 6) is -0.176. The van der Waals surface area contributed by atoms with Crippen molar-refractivity contribution in [1.29, 1.82) is 0 Å². The molecule has 6 aliphatic rings. The van der Waals surface area contributed by atoms with Gasteiger partial charge in [0.25, 0.3) is 0 Å². The Hall–Kier alpha value is -2.22. The van der Waals surface area contributed by atoms with Crippen molar-refractivity contribution in [2.45, 2.75) is 119 Å². The van der Waals surface area contributed by atoms with E-state index >= 15 is 0 Å². The zero-order valence-corrected chi connectivity index (χ0v) is 29.5. The molecule has 0 aromatic rings. The van der Waals surface area contributed by atoms with Crippen LogP contribution in [0, 0.1) is 56.7 Å². The number of hydrogen-bond donors (Lipinski definition) is 1. The first-order valence-electron chi connectivity index (χ1n) is 18.1. The van der Waals surface area contributed by atoms with Gasteiger partial charge in [-0.25, -0.2) is 9.59 Å². The van der Waals surface area contributed by atoms with Gasteiger partial charge in [-0.3, -0.25) is 14.9 Å².